The summed E-state index contributed by atoms with van der Waals surface area (Å²) in [5.74, 6) is 0.0852. The number of fused-ring (bicyclic) bond motifs is 2. The smallest absolute Gasteiger partial charge is 0.393 e. The van der Waals surface area contributed by atoms with Gasteiger partial charge in [0.05, 0.1) is 21.9 Å². The van der Waals surface area contributed by atoms with Crippen molar-refractivity contribution in [2.45, 2.75) is 16.3 Å². The molecular formula is C27H22N4O4S. The third-order valence-electron chi connectivity index (χ3n) is 6.00. The molecule has 0 unspecified atom stereocenters. The molecule has 5 rings (SSSR count). The average Bonchev–Trinajstić information content (AvgIpc) is 3.19. The van der Waals surface area contributed by atoms with Crippen molar-refractivity contribution >= 4 is 43.4 Å². The second kappa shape index (κ2) is 8.86. The predicted octanol–water partition coefficient (Wildman–Crippen LogP) is 4.42. The van der Waals surface area contributed by atoms with Crippen LogP contribution in [-0.4, -0.2) is 24.9 Å². The van der Waals surface area contributed by atoms with E-state index in [9.17, 15) is 13.2 Å². The fraction of sp³-hybridized carbons (Fsp3) is 0.0370. The Morgan fingerprint density at radius 2 is 1.56 bits per heavy atom. The Morgan fingerprint density at radius 3 is 2.28 bits per heavy atom. The molecule has 0 aliphatic rings. The van der Waals surface area contributed by atoms with Gasteiger partial charge in [0.15, 0.2) is 0 Å². The first kappa shape index (κ1) is 23.1. The van der Waals surface area contributed by atoms with Gasteiger partial charge >= 0.3 is 6.09 Å². The van der Waals surface area contributed by atoms with E-state index >= 15 is 0 Å². The number of nitrogens with two attached hydrogens (primary N) is 2. The zero-order chi connectivity index (χ0) is 25.4. The molecule has 36 heavy (non-hydrogen) atoms. The first-order valence-corrected chi connectivity index (χ1v) is 12.5. The monoisotopic (exact) mass is 498 g/mol. The summed E-state index contributed by atoms with van der Waals surface area (Å²) < 4.78 is 33.9. The first-order valence-electron chi connectivity index (χ1n) is 11.0. The van der Waals surface area contributed by atoms with E-state index in [0.717, 1.165) is 16.2 Å². The Hall–Kier alpha value is -4.63. The Morgan fingerprint density at radius 1 is 0.833 bits per heavy atom. The van der Waals surface area contributed by atoms with E-state index in [1.807, 2.05) is 24.3 Å². The van der Waals surface area contributed by atoms with E-state index in [0.29, 0.717) is 16.6 Å². The minimum absolute atomic E-state index is 0.108. The second-order valence-corrected chi connectivity index (χ2v) is 10.2. The van der Waals surface area contributed by atoms with Crippen LogP contribution in [0.1, 0.15) is 11.1 Å². The zero-order valence-corrected chi connectivity index (χ0v) is 19.8. The second-order valence-electron chi connectivity index (χ2n) is 8.30. The molecule has 0 bridgehead atoms. The van der Waals surface area contributed by atoms with Crippen molar-refractivity contribution in [3.05, 3.63) is 102 Å². The molecule has 5 aromatic rings. The Bertz CT molecular complexity index is 1760. The number of ether oxygens (including phenoxy) is 1. The quantitative estimate of drug-likeness (QED) is 0.235. The summed E-state index contributed by atoms with van der Waals surface area (Å²) in [6.45, 7) is 0.173. The van der Waals surface area contributed by atoms with Crippen molar-refractivity contribution in [2.75, 3.05) is 0 Å². The van der Waals surface area contributed by atoms with Crippen molar-refractivity contribution in [1.82, 2.24) is 4.57 Å². The van der Waals surface area contributed by atoms with Crippen LogP contribution in [0, 0.1) is 5.41 Å². The molecule has 0 atom stereocenters. The predicted molar refractivity (Wildman–Crippen MR) is 138 cm³/mol. The van der Waals surface area contributed by atoms with Gasteiger partial charge in [-0.25, -0.2) is 13.2 Å². The van der Waals surface area contributed by atoms with Gasteiger partial charge in [0.2, 0.25) is 15.7 Å². The molecule has 0 fully saturated rings. The number of carbonyl (C=O) groups excluding carboxylic acids is 1. The van der Waals surface area contributed by atoms with E-state index < -0.39 is 15.9 Å². The Balaban J connectivity index is 1.73. The average molecular weight is 499 g/mol. The maximum absolute atomic E-state index is 13.4. The van der Waals surface area contributed by atoms with Gasteiger partial charge in [0.25, 0.3) is 0 Å². The summed E-state index contributed by atoms with van der Waals surface area (Å²) in [4.78, 5) is 12.0. The van der Waals surface area contributed by atoms with Crippen LogP contribution in [0.4, 0.5) is 4.79 Å². The highest BCUT2D eigenvalue weighted by molar-refractivity contribution is 7.91. The lowest BCUT2D eigenvalue weighted by atomic mass is 10.0. The molecule has 0 saturated heterocycles. The number of nitrogens with one attached hydrogen (secondary N) is 1. The highest BCUT2D eigenvalue weighted by Crippen LogP contribution is 2.32. The van der Waals surface area contributed by atoms with E-state index in [1.165, 1.54) is 0 Å². The number of primary amides is 1. The number of amides is 1. The molecule has 1 amide bonds. The molecule has 0 radical (unpaired) electrons. The number of nitrogens with zero attached hydrogens (tertiary/aromatic N) is 1. The normalized spacial score (nSPS) is 11.6. The lowest BCUT2D eigenvalue weighted by Gasteiger charge is -2.15. The van der Waals surface area contributed by atoms with Gasteiger partial charge in [0.1, 0.15) is 5.84 Å². The number of sulfone groups is 1. The summed E-state index contributed by atoms with van der Waals surface area (Å²) >= 11 is 0. The summed E-state index contributed by atoms with van der Waals surface area (Å²) in [5, 5.41) is 10.1. The number of benzene rings is 4. The number of hydrogen-bond donors (Lipinski definition) is 3. The van der Waals surface area contributed by atoms with Gasteiger partial charge in [-0.3, -0.25) is 5.41 Å². The van der Waals surface area contributed by atoms with Crippen LogP contribution in [0.15, 0.2) is 101 Å². The lowest BCUT2D eigenvalue weighted by molar-refractivity contribution is 0.207. The Kier molecular flexibility index (Phi) is 5.69. The maximum Gasteiger partial charge on any atom is 0.411 e. The molecular weight excluding hydrogens is 476 g/mol. The van der Waals surface area contributed by atoms with E-state index in [2.05, 4.69) is 0 Å². The van der Waals surface area contributed by atoms with Crippen molar-refractivity contribution in [3.8, 4) is 5.88 Å². The van der Waals surface area contributed by atoms with Crippen molar-refractivity contribution in [2.24, 2.45) is 11.5 Å². The third kappa shape index (κ3) is 4.16. The summed E-state index contributed by atoms with van der Waals surface area (Å²) in [6.07, 6.45) is -0.976. The van der Waals surface area contributed by atoms with Crippen LogP contribution >= 0.6 is 0 Å². The molecule has 1 aromatic heterocycles. The molecule has 0 spiro atoms. The van der Waals surface area contributed by atoms with Crippen molar-refractivity contribution < 1.29 is 17.9 Å². The van der Waals surface area contributed by atoms with Gasteiger partial charge in [-0.05, 0) is 46.7 Å². The molecule has 4 aromatic carbocycles. The van der Waals surface area contributed by atoms with Gasteiger partial charge < -0.3 is 20.8 Å². The fourth-order valence-electron chi connectivity index (χ4n) is 4.30. The van der Waals surface area contributed by atoms with Crippen LogP contribution in [-0.2, 0) is 16.4 Å². The summed E-state index contributed by atoms with van der Waals surface area (Å²) in [7, 11) is -3.78. The minimum Gasteiger partial charge on any atom is -0.393 e. The number of rotatable bonds is 6. The minimum atomic E-state index is -3.78. The van der Waals surface area contributed by atoms with Crippen LogP contribution < -0.4 is 16.2 Å². The SMILES string of the molecule is N=C(N)c1ccc2cc(OC(N)=O)n(Cc3cc(S(=O)(=O)c4ccccc4)cc4ccccc34)c2c1. The summed E-state index contributed by atoms with van der Waals surface area (Å²) in [6, 6.07) is 25.9. The third-order valence-corrected chi connectivity index (χ3v) is 7.74. The zero-order valence-electron chi connectivity index (χ0n) is 19.0. The number of amidine groups is 1. The van der Waals surface area contributed by atoms with E-state index in [4.69, 9.17) is 21.6 Å². The van der Waals surface area contributed by atoms with Crippen molar-refractivity contribution in [3.63, 3.8) is 0 Å². The van der Waals surface area contributed by atoms with E-state index in [1.54, 1.807) is 71.3 Å². The largest absolute Gasteiger partial charge is 0.411 e. The molecule has 0 saturated carbocycles. The molecule has 5 N–H and O–H groups in total. The topological polar surface area (TPSA) is 141 Å². The van der Waals surface area contributed by atoms with Crippen LogP contribution in [0.3, 0.4) is 0 Å². The number of carbonyl (C=O) groups is 1. The number of aromatic nitrogens is 1. The van der Waals surface area contributed by atoms with Gasteiger partial charge in [-0.1, -0.05) is 54.6 Å². The number of hydrogen-bond acceptors (Lipinski definition) is 5. The van der Waals surface area contributed by atoms with Crippen molar-refractivity contribution in [1.29, 1.82) is 5.41 Å². The van der Waals surface area contributed by atoms with Gasteiger partial charge in [-0.2, -0.15) is 0 Å². The molecule has 1 heterocycles. The molecule has 9 heteroatoms. The first-order chi connectivity index (χ1) is 17.2. The summed E-state index contributed by atoms with van der Waals surface area (Å²) in [5.41, 5.74) is 12.9. The number of nitrogen functional groups attached to an aromatic ring is 1. The maximum atomic E-state index is 13.4. The van der Waals surface area contributed by atoms with Crippen LogP contribution in [0.2, 0.25) is 0 Å². The lowest BCUT2D eigenvalue weighted by Crippen LogP contribution is -2.18. The highest BCUT2D eigenvalue weighted by atomic mass is 32.2. The van der Waals surface area contributed by atoms with Gasteiger partial charge in [0, 0.05) is 17.0 Å². The van der Waals surface area contributed by atoms with Crippen LogP contribution in [0.25, 0.3) is 21.7 Å². The highest BCUT2D eigenvalue weighted by Gasteiger charge is 2.21. The van der Waals surface area contributed by atoms with Gasteiger partial charge in [-0.15, -0.1) is 0 Å². The molecule has 8 nitrogen and oxygen atoms in total. The van der Waals surface area contributed by atoms with Crippen LogP contribution in [0.5, 0.6) is 5.88 Å². The Labute approximate surface area is 207 Å². The fourth-order valence-corrected chi connectivity index (χ4v) is 5.67. The van der Waals surface area contributed by atoms with E-state index in [-0.39, 0.29) is 28.1 Å². The molecule has 0 aliphatic carbocycles. The molecule has 180 valence electrons. The molecule has 0 aliphatic heterocycles. The standard InChI is InChI=1S/C27H22N4O4S/c28-26(29)19-11-10-18-15-25(35-27(30)32)31(24(18)14-19)16-20-13-22(12-17-6-4-5-9-23(17)20)36(33,34)21-7-2-1-3-8-21/h1-15H,16H2,(H3,28,29)(H2,30,32).